The molecule has 3 rings (SSSR count). The molecule has 2 aromatic rings. The van der Waals surface area contributed by atoms with E-state index in [9.17, 15) is 0 Å². The van der Waals surface area contributed by atoms with Gasteiger partial charge in [-0.25, -0.2) is 0 Å². The summed E-state index contributed by atoms with van der Waals surface area (Å²) in [6, 6.07) is 16.3. The molecule has 1 aliphatic rings. The van der Waals surface area contributed by atoms with E-state index in [1.165, 1.54) is 39.6 Å². The largest absolute Gasteiger partial charge is 0.310 e. The van der Waals surface area contributed by atoms with Crippen LogP contribution in [0.3, 0.4) is 0 Å². The molecule has 0 bridgehead atoms. The average Bonchev–Trinajstić information content (AvgIpc) is 2.53. The average molecular weight is 344 g/mol. The van der Waals surface area contributed by atoms with Gasteiger partial charge in [-0.1, -0.05) is 53.2 Å². The van der Waals surface area contributed by atoms with E-state index >= 15 is 0 Å². The van der Waals surface area contributed by atoms with E-state index in [2.05, 4.69) is 70.6 Å². The van der Waals surface area contributed by atoms with Crippen LogP contribution in [0.2, 0.25) is 0 Å². The van der Waals surface area contributed by atoms with E-state index in [0.29, 0.717) is 6.04 Å². The maximum Gasteiger partial charge on any atom is 0.0208 e. The second kappa shape index (κ2) is 6.76. The van der Waals surface area contributed by atoms with Crippen LogP contribution in [0.4, 0.5) is 0 Å². The highest BCUT2D eigenvalue weighted by molar-refractivity contribution is 9.10. The first-order chi connectivity index (χ1) is 10.2. The van der Waals surface area contributed by atoms with Gasteiger partial charge in [-0.3, -0.25) is 0 Å². The molecule has 0 radical (unpaired) electrons. The molecule has 0 saturated carbocycles. The number of aryl methyl sites for hydroxylation is 2. The summed E-state index contributed by atoms with van der Waals surface area (Å²) in [6.45, 7) is 3.17. The van der Waals surface area contributed by atoms with Gasteiger partial charge in [-0.15, -0.1) is 0 Å². The number of nitrogens with one attached hydrogen (secondary N) is 1. The molecule has 1 atom stereocenters. The molecule has 2 heteroatoms. The van der Waals surface area contributed by atoms with Gasteiger partial charge in [-0.05, 0) is 60.1 Å². The van der Waals surface area contributed by atoms with Crippen LogP contribution in [-0.2, 0) is 25.8 Å². The number of fused-ring (bicyclic) bond motifs is 1. The monoisotopic (exact) mass is 343 g/mol. The van der Waals surface area contributed by atoms with Gasteiger partial charge in [0.1, 0.15) is 0 Å². The van der Waals surface area contributed by atoms with Crippen molar-refractivity contribution in [3.05, 3.63) is 69.2 Å². The lowest BCUT2D eigenvalue weighted by molar-refractivity contribution is 0.457. The van der Waals surface area contributed by atoms with Crippen LogP contribution in [-0.4, -0.2) is 6.04 Å². The molecule has 0 aliphatic heterocycles. The Hall–Kier alpha value is -1.12. The second-order valence-corrected chi connectivity index (χ2v) is 6.82. The van der Waals surface area contributed by atoms with Gasteiger partial charge in [0, 0.05) is 17.1 Å². The van der Waals surface area contributed by atoms with E-state index in [1.54, 1.807) is 0 Å². The van der Waals surface area contributed by atoms with Crippen molar-refractivity contribution in [2.24, 2.45) is 0 Å². The number of rotatable bonds is 4. The van der Waals surface area contributed by atoms with Crippen LogP contribution in [0.15, 0.2) is 46.9 Å². The molecule has 0 saturated heterocycles. The summed E-state index contributed by atoms with van der Waals surface area (Å²) in [4.78, 5) is 0. The lowest BCUT2D eigenvalue weighted by Crippen LogP contribution is -2.34. The van der Waals surface area contributed by atoms with E-state index in [1.807, 2.05) is 0 Å². The first-order valence-electron chi connectivity index (χ1n) is 7.83. The Kier molecular flexibility index (Phi) is 4.77. The highest BCUT2D eigenvalue weighted by Crippen LogP contribution is 2.25. The van der Waals surface area contributed by atoms with Crippen molar-refractivity contribution in [1.82, 2.24) is 5.32 Å². The Balaban J connectivity index is 1.58. The Morgan fingerprint density at radius 1 is 1.05 bits per heavy atom. The second-order valence-electron chi connectivity index (χ2n) is 5.90. The fourth-order valence-corrected chi connectivity index (χ4v) is 3.46. The van der Waals surface area contributed by atoms with Crippen LogP contribution in [0, 0.1) is 0 Å². The summed E-state index contributed by atoms with van der Waals surface area (Å²) in [7, 11) is 0. The van der Waals surface area contributed by atoms with Crippen molar-refractivity contribution in [3.8, 4) is 0 Å². The van der Waals surface area contributed by atoms with Crippen LogP contribution in [0.1, 0.15) is 35.6 Å². The summed E-state index contributed by atoms with van der Waals surface area (Å²) in [6.07, 6.45) is 4.68. The van der Waals surface area contributed by atoms with E-state index < -0.39 is 0 Å². The molecule has 0 heterocycles. The maximum atomic E-state index is 3.72. The van der Waals surface area contributed by atoms with Crippen molar-refractivity contribution >= 4 is 15.9 Å². The Morgan fingerprint density at radius 2 is 1.81 bits per heavy atom. The molecular weight excluding hydrogens is 322 g/mol. The SMILES string of the molecule is CCc1ccc(CNC2CCc3cc(Br)ccc3C2)cc1. The summed E-state index contributed by atoms with van der Waals surface area (Å²) < 4.78 is 1.20. The summed E-state index contributed by atoms with van der Waals surface area (Å²) >= 11 is 3.56. The van der Waals surface area contributed by atoms with Crippen molar-refractivity contribution in [2.45, 2.75) is 45.2 Å². The fourth-order valence-electron chi connectivity index (χ4n) is 3.05. The van der Waals surface area contributed by atoms with Gasteiger partial charge in [-0.2, -0.15) is 0 Å². The lowest BCUT2D eigenvalue weighted by atomic mass is 9.88. The number of hydrogen-bond acceptors (Lipinski definition) is 1. The molecule has 2 aromatic carbocycles. The maximum absolute atomic E-state index is 3.72. The van der Waals surface area contributed by atoms with Gasteiger partial charge >= 0.3 is 0 Å². The van der Waals surface area contributed by atoms with Crippen molar-refractivity contribution < 1.29 is 0 Å². The number of hydrogen-bond donors (Lipinski definition) is 1. The third-order valence-corrected chi connectivity index (χ3v) is 4.92. The van der Waals surface area contributed by atoms with Crippen LogP contribution in [0.25, 0.3) is 0 Å². The van der Waals surface area contributed by atoms with Gasteiger partial charge in [0.25, 0.3) is 0 Å². The number of halogens is 1. The molecule has 0 spiro atoms. The standard InChI is InChI=1S/C19H22BrN/c1-2-14-3-5-15(6-4-14)13-21-19-10-8-16-11-18(20)9-7-17(16)12-19/h3-7,9,11,19,21H,2,8,10,12-13H2,1H3. The quantitative estimate of drug-likeness (QED) is 0.851. The van der Waals surface area contributed by atoms with Crippen molar-refractivity contribution in [3.63, 3.8) is 0 Å². The van der Waals surface area contributed by atoms with Gasteiger partial charge in [0.2, 0.25) is 0 Å². The van der Waals surface area contributed by atoms with Crippen LogP contribution < -0.4 is 5.32 Å². The highest BCUT2D eigenvalue weighted by atomic mass is 79.9. The molecule has 1 N–H and O–H groups in total. The van der Waals surface area contributed by atoms with Gasteiger partial charge in [0.15, 0.2) is 0 Å². The third kappa shape index (κ3) is 3.75. The van der Waals surface area contributed by atoms with Crippen LogP contribution >= 0.6 is 15.9 Å². The topological polar surface area (TPSA) is 12.0 Å². The van der Waals surface area contributed by atoms with E-state index in [4.69, 9.17) is 0 Å². The minimum atomic E-state index is 0.601. The molecule has 0 fully saturated rings. The Morgan fingerprint density at radius 3 is 2.57 bits per heavy atom. The third-order valence-electron chi connectivity index (χ3n) is 4.42. The summed E-state index contributed by atoms with van der Waals surface area (Å²) in [5.74, 6) is 0. The zero-order valence-electron chi connectivity index (χ0n) is 12.5. The molecule has 1 unspecified atom stereocenters. The molecule has 1 nitrogen and oxygen atoms in total. The molecule has 0 amide bonds. The smallest absolute Gasteiger partial charge is 0.0208 e. The van der Waals surface area contributed by atoms with Crippen LogP contribution in [0.5, 0.6) is 0 Å². The predicted octanol–water partition coefficient (Wildman–Crippen LogP) is 4.66. The van der Waals surface area contributed by atoms with Gasteiger partial charge < -0.3 is 5.32 Å². The molecule has 0 aromatic heterocycles. The lowest BCUT2D eigenvalue weighted by Gasteiger charge is -2.26. The Bertz CT molecular complexity index is 603. The first-order valence-corrected chi connectivity index (χ1v) is 8.62. The molecule has 110 valence electrons. The normalized spacial score (nSPS) is 17.5. The zero-order valence-corrected chi connectivity index (χ0v) is 14.1. The van der Waals surface area contributed by atoms with E-state index in [0.717, 1.165) is 19.4 Å². The molecular formula is C19H22BrN. The minimum absolute atomic E-state index is 0.601. The van der Waals surface area contributed by atoms with Crippen molar-refractivity contribution in [1.29, 1.82) is 0 Å². The predicted molar refractivity (Wildman–Crippen MR) is 92.6 cm³/mol. The molecule has 21 heavy (non-hydrogen) atoms. The van der Waals surface area contributed by atoms with E-state index in [-0.39, 0.29) is 0 Å². The zero-order chi connectivity index (χ0) is 14.7. The number of benzene rings is 2. The first kappa shape index (κ1) is 14.8. The van der Waals surface area contributed by atoms with Gasteiger partial charge in [0.05, 0.1) is 0 Å². The Labute approximate surface area is 135 Å². The van der Waals surface area contributed by atoms with Crippen molar-refractivity contribution in [2.75, 3.05) is 0 Å². The summed E-state index contributed by atoms with van der Waals surface area (Å²) in [5.41, 5.74) is 5.81. The highest BCUT2D eigenvalue weighted by Gasteiger charge is 2.18. The summed E-state index contributed by atoms with van der Waals surface area (Å²) in [5, 5.41) is 3.72. The fraction of sp³-hybridized carbons (Fsp3) is 0.368. The minimum Gasteiger partial charge on any atom is -0.310 e. The molecule has 1 aliphatic carbocycles.